The number of hydrogen-bond donors (Lipinski definition) is 3. The second-order valence-corrected chi connectivity index (χ2v) is 9.19. The van der Waals surface area contributed by atoms with E-state index in [0.29, 0.717) is 11.3 Å². The van der Waals surface area contributed by atoms with Gasteiger partial charge < -0.3 is 16.4 Å². The molecule has 0 saturated carbocycles. The summed E-state index contributed by atoms with van der Waals surface area (Å²) in [5, 5.41) is 5.15. The van der Waals surface area contributed by atoms with Gasteiger partial charge in [-0.2, -0.15) is 4.31 Å². The minimum Gasteiger partial charge on any atom is -0.399 e. The van der Waals surface area contributed by atoms with Crippen LogP contribution >= 0.6 is 0 Å². The Hall–Kier alpha value is -3.25. The number of carbonyl (C=O) groups excluding carboxylic acids is 2. The molecule has 4 N–H and O–H groups in total. The number of nitrogens with zero attached hydrogens (tertiary/aromatic N) is 2. The Labute approximate surface area is 184 Å². The summed E-state index contributed by atoms with van der Waals surface area (Å²) in [5.74, 6) is -0.682. The van der Waals surface area contributed by atoms with Crippen molar-refractivity contribution < 1.29 is 26.8 Å². The summed E-state index contributed by atoms with van der Waals surface area (Å²) in [4.78, 5) is 26.8. The van der Waals surface area contributed by atoms with Crippen molar-refractivity contribution in [3.8, 4) is 0 Å². The quantitative estimate of drug-likeness (QED) is 0.560. The summed E-state index contributed by atoms with van der Waals surface area (Å²) < 4.78 is 50.7. The monoisotopic (exact) mass is 467 g/mol. The van der Waals surface area contributed by atoms with Crippen LogP contribution < -0.4 is 16.4 Å². The van der Waals surface area contributed by atoms with Crippen LogP contribution in [0.2, 0.25) is 0 Å². The fourth-order valence-corrected chi connectivity index (χ4v) is 4.31. The Bertz CT molecular complexity index is 1100. The van der Waals surface area contributed by atoms with Gasteiger partial charge in [-0.1, -0.05) is 24.3 Å². The predicted octanol–water partition coefficient (Wildman–Crippen LogP) is 1.96. The van der Waals surface area contributed by atoms with Gasteiger partial charge in [-0.3, -0.25) is 9.69 Å². The first-order valence-electron chi connectivity index (χ1n) is 9.61. The van der Waals surface area contributed by atoms with Crippen LogP contribution in [0.25, 0.3) is 0 Å². The molecular weight excluding hydrogens is 444 g/mol. The number of carbonyl (C=O) groups is 2. The minimum atomic E-state index is -3.79. The first-order chi connectivity index (χ1) is 15.1. The van der Waals surface area contributed by atoms with Gasteiger partial charge in [0, 0.05) is 36.6 Å². The van der Waals surface area contributed by atoms with Crippen molar-refractivity contribution in [2.24, 2.45) is 0 Å². The molecule has 0 radical (unpaired) electrons. The lowest BCUT2D eigenvalue weighted by molar-refractivity contribution is -0.127. The van der Waals surface area contributed by atoms with Crippen LogP contribution in [0.4, 0.5) is 25.0 Å². The largest absolute Gasteiger partial charge is 0.399 e. The lowest BCUT2D eigenvalue weighted by Crippen LogP contribution is -2.54. The number of anilines is 2. The number of benzene rings is 2. The molecule has 172 valence electrons. The molecule has 0 spiro atoms. The van der Waals surface area contributed by atoms with Crippen LogP contribution in [0.5, 0.6) is 0 Å². The number of nitrogens with two attached hydrogens (primary N) is 1. The zero-order valence-electron chi connectivity index (χ0n) is 17.2. The van der Waals surface area contributed by atoms with Gasteiger partial charge in [0.1, 0.15) is 0 Å². The highest BCUT2D eigenvalue weighted by molar-refractivity contribution is 7.88. The Morgan fingerprint density at radius 2 is 1.84 bits per heavy atom. The molecule has 1 heterocycles. The van der Waals surface area contributed by atoms with Crippen LogP contribution in [0, 0.1) is 0 Å². The highest BCUT2D eigenvalue weighted by Gasteiger charge is 2.44. The van der Waals surface area contributed by atoms with E-state index in [9.17, 15) is 26.8 Å². The first-order valence-corrected chi connectivity index (χ1v) is 11.5. The SMILES string of the molecule is CS(=O)(=O)N1CCN(C(=O)Nc2ccc(C(F)F)cc2)C1C(=O)NCc1cccc(N)c1. The van der Waals surface area contributed by atoms with Crippen molar-refractivity contribution in [1.82, 2.24) is 14.5 Å². The Kier molecular flexibility index (Phi) is 6.94. The molecule has 1 atom stereocenters. The molecule has 9 nitrogen and oxygen atoms in total. The van der Waals surface area contributed by atoms with E-state index in [1.807, 2.05) is 0 Å². The summed E-state index contributed by atoms with van der Waals surface area (Å²) in [5.41, 5.74) is 6.97. The molecule has 0 bridgehead atoms. The molecule has 1 saturated heterocycles. The third kappa shape index (κ3) is 5.51. The third-order valence-electron chi connectivity index (χ3n) is 4.88. The van der Waals surface area contributed by atoms with Gasteiger partial charge in [0.05, 0.1) is 6.26 Å². The first kappa shape index (κ1) is 23.4. The van der Waals surface area contributed by atoms with Crippen LogP contribution in [0.15, 0.2) is 48.5 Å². The zero-order valence-corrected chi connectivity index (χ0v) is 18.0. The molecular formula is C20H23F2N5O4S. The van der Waals surface area contributed by atoms with E-state index in [0.717, 1.165) is 15.5 Å². The van der Waals surface area contributed by atoms with E-state index in [1.54, 1.807) is 24.3 Å². The van der Waals surface area contributed by atoms with Gasteiger partial charge in [-0.25, -0.2) is 22.0 Å². The molecule has 0 aromatic heterocycles. The lowest BCUT2D eigenvalue weighted by atomic mass is 10.2. The lowest BCUT2D eigenvalue weighted by Gasteiger charge is -2.28. The molecule has 1 fully saturated rings. The van der Waals surface area contributed by atoms with Gasteiger partial charge in [-0.15, -0.1) is 0 Å². The molecule has 12 heteroatoms. The number of nitrogen functional groups attached to an aromatic ring is 1. The number of alkyl halides is 2. The molecule has 3 rings (SSSR count). The number of sulfonamides is 1. The maximum atomic E-state index is 12.9. The predicted molar refractivity (Wildman–Crippen MR) is 115 cm³/mol. The topological polar surface area (TPSA) is 125 Å². The van der Waals surface area contributed by atoms with E-state index in [4.69, 9.17) is 5.73 Å². The Morgan fingerprint density at radius 1 is 1.16 bits per heavy atom. The summed E-state index contributed by atoms with van der Waals surface area (Å²) in [6.45, 7) is -0.000136. The zero-order chi connectivity index (χ0) is 23.5. The maximum Gasteiger partial charge on any atom is 0.323 e. The molecule has 3 amide bonds. The van der Waals surface area contributed by atoms with Crippen LogP contribution in [-0.2, 0) is 21.4 Å². The average molecular weight is 467 g/mol. The standard InChI is InChI=1S/C20H23F2N5O4S/c1-32(30,31)27-10-9-26(20(29)25-16-7-5-14(6-8-16)17(21)22)19(27)18(28)24-12-13-3-2-4-15(23)11-13/h2-8,11,17,19H,9-10,12,23H2,1H3,(H,24,28)(H,25,29). The van der Waals surface area contributed by atoms with Gasteiger partial charge >= 0.3 is 6.03 Å². The summed E-state index contributed by atoms with van der Waals surface area (Å²) in [7, 11) is -3.79. The summed E-state index contributed by atoms with van der Waals surface area (Å²) in [6.07, 6.45) is -3.09. The number of urea groups is 1. The molecule has 2 aromatic carbocycles. The molecule has 1 unspecified atom stereocenters. The minimum absolute atomic E-state index is 0.0234. The second-order valence-electron chi connectivity index (χ2n) is 7.26. The van der Waals surface area contributed by atoms with Crippen molar-refractivity contribution in [2.45, 2.75) is 19.1 Å². The smallest absolute Gasteiger partial charge is 0.323 e. The van der Waals surface area contributed by atoms with Crippen molar-refractivity contribution in [3.05, 3.63) is 59.7 Å². The molecule has 0 aliphatic carbocycles. The Morgan fingerprint density at radius 3 is 2.44 bits per heavy atom. The van der Waals surface area contributed by atoms with E-state index < -0.39 is 34.6 Å². The average Bonchev–Trinajstić information content (AvgIpc) is 3.18. The number of halogens is 2. The number of amides is 3. The molecule has 2 aromatic rings. The van der Waals surface area contributed by atoms with Crippen LogP contribution in [-0.4, -0.2) is 55.1 Å². The maximum absolute atomic E-state index is 12.9. The summed E-state index contributed by atoms with van der Waals surface area (Å²) >= 11 is 0. The fourth-order valence-electron chi connectivity index (χ4n) is 3.33. The van der Waals surface area contributed by atoms with Crippen molar-refractivity contribution >= 4 is 33.3 Å². The fraction of sp³-hybridized carbons (Fsp3) is 0.300. The van der Waals surface area contributed by atoms with E-state index in [2.05, 4.69) is 10.6 Å². The number of hydrogen-bond acceptors (Lipinski definition) is 5. The van der Waals surface area contributed by atoms with Crippen LogP contribution in [0.1, 0.15) is 17.6 Å². The second kappa shape index (κ2) is 9.49. The van der Waals surface area contributed by atoms with Gasteiger partial charge in [0.25, 0.3) is 12.3 Å². The highest BCUT2D eigenvalue weighted by Crippen LogP contribution is 2.23. The molecule has 1 aliphatic rings. The van der Waals surface area contributed by atoms with Crippen molar-refractivity contribution in [2.75, 3.05) is 30.4 Å². The van der Waals surface area contributed by atoms with E-state index >= 15 is 0 Å². The van der Waals surface area contributed by atoms with Gasteiger partial charge in [0.2, 0.25) is 10.0 Å². The van der Waals surface area contributed by atoms with Crippen LogP contribution in [0.3, 0.4) is 0 Å². The highest BCUT2D eigenvalue weighted by atomic mass is 32.2. The number of nitrogens with one attached hydrogen (secondary N) is 2. The Balaban J connectivity index is 1.75. The summed E-state index contributed by atoms with van der Waals surface area (Å²) in [6, 6.07) is 11.0. The van der Waals surface area contributed by atoms with Gasteiger partial charge in [-0.05, 0) is 29.8 Å². The van der Waals surface area contributed by atoms with Gasteiger partial charge in [0.15, 0.2) is 6.17 Å². The molecule has 1 aliphatic heterocycles. The van der Waals surface area contributed by atoms with Crippen molar-refractivity contribution in [1.29, 1.82) is 0 Å². The molecule has 32 heavy (non-hydrogen) atoms. The van der Waals surface area contributed by atoms with E-state index in [1.165, 1.54) is 24.3 Å². The van der Waals surface area contributed by atoms with Crippen molar-refractivity contribution in [3.63, 3.8) is 0 Å². The van der Waals surface area contributed by atoms with E-state index in [-0.39, 0.29) is 30.9 Å². The third-order valence-corrected chi connectivity index (χ3v) is 6.12. The normalized spacial score (nSPS) is 16.9. The number of rotatable bonds is 6.